The summed E-state index contributed by atoms with van der Waals surface area (Å²) in [4.78, 5) is 16.4. The van der Waals surface area contributed by atoms with E-state index in [1.165, 1.54) is 0 Å². The van der Waals surface area contributed by atoms with Gasteiger partial charge >= 0.3 is 0 Å². The highest BCUT2D eigenvalue weighted by Gasteiger charge is 2.24. The molecule has 1 aliphatic carbocycles. The number of halogens is 1. The molecule has 1 aliphatic rings. The fourth-order valence-corrected chi connectivity index (χ4v) is 2.89. The van der Waals surface area contributed by atoms with Crippen molar-refractivity contribution in [3.05, 3.63) is 46.6 Å². The number of carbonyl (C=O) groups excluding carboxylic acids is 1. The normalized spacial score (nSPS) is 15.5. The third-order valence-electron chi connectivity index (χ3n) is 3.92. The lowest BCUT2D eigenvalue weighted by Crippen LogP contribution is -2.13. The lowest BCUT2D eigenvalue weighted by atomic mass is 10.0. The monoisotopic (exact) mass is 304 g/mol. The van der Waals surface area contributed by atoms with Gasteiger partial charge in [0, 0.05) is 17.4 Å². The fourth-order valence-electron chi connectivity index (χ4n) is 2.76. The number of rotatable bonds is 5. The SMILES string of the molecule is O=C(Cc1nc(Cc2ccc(Cl)cc2)no1)C1CCCC1. The Labute approximate surface area is 128 Å². The molecule has 1 aromatic heterocycles. The van der Waals surface area contributed by atoms with Gasteiger partial charge in [0.25, 0.3) is 0 Å². The van der Waals surface area contributed by atoms with E-state index in [4.69, 9.17) is 16.1 Å². The molecule has 0 atom stereocenters. The number of ketones is 1. The van der Waals surface area contributed by atoms with Crippen LogP contribution in [0.25, 0.3) is 0 Å². The van der Waals surface area contributed by atoms with Crippen molar-refractivity contribution in [3.8, 4) is 0 Å². The molecule has 0 bridgehead atoms. The van der Waals surface area contributed by atoms with Gasteiger partial charge in [-0.1, -0.05) is 41.7 Å². The van der Waals surface area contributed by atoms with Crippen molar-refractivity contribution in [2.24, 2.45) is 5.92 Å². The Morgan fingerprint density at radius 1 is 1.24 bits per heavy atom. The number of Topliss-reactive ketones (excluding diaryl/α,β-unsaturated/α-hetero) is 1. The van der Waals surface area contributed by atoms with E-state index in [-0.39, 0.29) is 18.1 Å². The Morgan fingerprint density at radius 3 is 2.67 bits per heavy atom. The van der Waals surface area contributed by atoms with E-state index in [1.807, 2.05) is 24.3 Å². The van der Waals surface area contributed by atoms with Gasteiger partial charge in [-0.15, -0.1) is 0 Å². The van der Waals surface area contributed by atoms with Crippen LogP contribution in [0.1, 0.15) is 43.0 Å². The highest BCUT2D eigenvalue weighted by atomic mass is 35.5. The van der Waals surface area contributed by atoms with E-state index >= 15 is 0 Å². The topological polar surface area (TPSA) is 56.0 Å². The summed E-state index contributed by atoms with van der Waals surface area (Å²) in [6, 6.07) is 7.53. The summed E-state index contributed by atoms with van der Waals surface area (Å²) in [6.45, 7) is 0. The Kier molecular flexibility index (Phi) is 4.34. The van der Waals surface area contributed by atoms with Crippen LogP contribution < -0.4 is 0 Å². The molecule has 0 saturated heterocycles. The maximum atomic E-state index is 12.1. The Hall–Kier alpha value is -1.68. The molecule has 0 amide bonds. The number of benzene rings is 1. The van der Waals surface area contributed by atoms with Crippen LogP contribution in [0.2, 0.25) is 5.02 Å². The molecule has 5 heteroatoms. The molecular formula is C16H17ClN2O2. The third-order valence-corrected chi connectivity index (χ3v) is 4.17. The zero-order chi connectivity index (χ0) is 14.7. The second-order valence-corrected chi connectivity index (χ2v) is 5.97. The number of carbonyl (C=O) groups is 1. The van der Waals surface area contributed by atoms with Gasteiger partial charge in [0.15, 0.2) is 5.82 Å². The van der Waals surface area contributed by atoms with Crippen molar-refractivity contribution in [1.82, 2.24) is 10.1 Å². The zero-order valence-electron chi connectivity index (χ0n) is 11.7. The standard InChI is InChI=1S/C16H17ClN2O2/c17-13-7-5-11(6-8-13)9-15-18-16(21-19-15)10-14(20)12-3-1-2-4-12/h5-8,12H,1-4,9-10H2. The highest BCUT2D eigenvalue weighted by Crippen LogP contribution is 2.26. The van der Waals surface area contributed by atoms with Crippen LogP contribution in [0, 0.1) is 5.92 Å². The first kappa shape index (κ1) is 14.3. The van der Waals surface area contributed by atoms with Crippen LogP contribution in [-0.2, 0) is 17.6 Å². The van der Waals surface area contributed by atoms with Gasteiger partial charge in [-0.3, -0.25) is 4.79 Å². The van der Waals surface area contributed by atoms with E-state index in [2.05, 4.69) is 10.1 Å². The van der Waals surface area contributed by atoms with Crippen LogP contribution in [0.4, 0.5) is 0 Å². The molecule has 3 rings (SSSR count). The summed E-state index contributed by atoms with van der Waals surface area (Å²) in [7, 11) is 0. The maximum Gasteiger partial charge on any atom is 0.234 e. The lowest BCUT2D eigenvalue weighted by molar-refractivity contribution is -0.122. The summed E-state index contributed by atoms with van der Waals surface area (Å²) < 4.78 is 5.18. The summed E-state index contributed by atoms with van der Waals surface area (Å²) in [5.74, 6) is 1.45. The fraction of sp³-hybridized carbons (Fsp3) is 0.438. The van der Waals surface area contributed by atoms with E-state index in [0.717, 1.165) is 31.2 Å². The average Bonchev–Trinajstić information content (AvgIpc) is 3.13. The van der Waals surface area contributed by atoms with E-state index in [1.54, 1.807) is 0 Å². The summed E-state index contributed by atoms with van der Waals surface area (Å²) >= 11 is 5.85. The number of hydrogen-bond acceptors (Lipinski definition) is 4. The van der Waals surface area contributed by atoms with E-state index in [0.29, 0.717) is 23.2 Å². The lowest BCUT2D eigenvalue weighted by Gasteiger charge is -2.04. The van der Waals surface area contributed by atoms with Crippen LogP contribution in [0.15, 0.2) is 28.8 Å². The zero-order valence-corrected chi connectivity index (χ0v) is 12.5. The summed E-state index contributed by atoms with van der Waals surface area (Å²) in [5.41, 5.74) is 1.06. The highest BCUT2D eigenvalue weighted by molar-refractivity contribution is 6.30. The number of hydrogen-bond donors (Lipinski definition) is 0. The Bertz CT molecular complexity index is 615. The van der Waals surface area contributed by atoms with Crippen LogP contribution in [0.3, 0.4) is 0 Å². The third kappa shape index (κ3) is 3.70. The molecular weight excluding hydrogens is 288 g/mol. The van der Waals surface area contributed by atoms with Crippen LogP contribution in [-0.4, -0.2) is 15.9 Å². The van der Waals surface area contributed by atoms with Crippen LogP contribution in [0.5, 0.6) is 0 Å². The second-order valence-electron chi connectivity index (χ2n) is 5.53. The Morgan fingerprint density at radius 2 is 1.95 bits per heavy atom. The van der Waals surface area contributed by atoms with Crippen molar-refractivity contribution in [1.29, 1.82) is 0 Å². The molecule has 0 radical (unpaired) electrons. The maximum absolute atomic E-state index is 12.1. The molecule has 2 aromatic rings. The van der Waals surface area contributed by atoms with Crippen molar-refractivity contribution < 1.29 is 9.32 Å². The molecule has 1 heterocycles. The van der Waals surface area contributed by atoms with Gasteiger partial charge in [-0.05, 0) is 30.5 Å². The molecule has 0 aliphatic heterocycles. The van der Waals surface area contributed by atoms with Gasteiger partial charge < -0.3 is 4.52 Å². The number of nitrogens with zero attached hydrogens (tertiary/aromatic N) is 2. The minimum atomic E-state index is 0.191. The minimum Gasteiger partial charge on any atom is -0.339 e. The van der Waals surface area contributed by atoms with Crippen molar-refractivity contribution in [2.75, 3.05) is 0 Å². The van der Waals surface area contributed by atoms with Crippen LogP contribution >= 0.6 is 11.6 Å². The molecule has 1 aromatic carbocycles. The molecule has 110 valence electrons. The molecule has 1 fully saturated rings. The van der Waals surface area contributed by atoms with E-state index < -0.39 is 0 Å². The van der Waals surface area contributed by atoms with Crippen molar-refractivity contribution in [3.63, 3.8) is 0 Å². The molecule has 0 N–H and O–H groups in total. The first-order valence-electron chi connectivity index (χ1n) is 7.29. The molecule has 0 spiro atoms. The largest absolute Gasteiger partial charge is 0.339 e. The first-order valence-corrected chi connectivity index (χ1v) is 7.67. The Balaban J connectivity index is 1.60. The summed E-state index contributed by atoms with van der Waals surface area (Å²) in [6.07, 6.45) is 5.16. The predicted octanol–water partition coefficient (Wildman–Crippen LogP) is 3.62. The van der Waals surface area contributed by atoms with Gasteiger partial charge in [-0.2, -0.15) is 4.98 Å². The first-order chi connectivity index (χ1) is 10.2. The predicted molar refractivity (Wildman–Crippen MR) is 79.2 cm³/mol. The molecule has 0 unspecified atom stereocenters. The average molecular weight is 305 g/mol. The number of aromatic nitrogens is 2. The quantitative estimate of drug-likeness (QED) is 0.846. The van der Waals surface area contributed by atoms with Gasteiger partial charge in [0.2, 0.25) is 5.89 Å². The second kappa shape index (κ2) is 6.39. The molecule has 21 heavy (non-hydrogen) atoms. The minimum absolute atomic E-state index is 0.191. The summed E-state index contributed by atoms with van der Waals surface area (Å²) in [5, 5.41) is 4.65. The van der Waals surface area contributed by atoms with Crippen molar-refractivity contribution in [2.45, 2.75) is 38.5 Å². The van der Waals surface area contributed by atoms with Crippen molar-refractivity contribution >= 4 is 17.4 Å². The smallest absolute Gasteiger partial charge is 0.234 e. The van der Waals surface area contributed by atoms with E-state index in [9.17, 15) is 4.79 Å². The van der Waals surface area contributed by atoms with Gasteiger partial charge in [-0.25, -0.2) is 0 Å². The van der Waals surface area contributed by atoms with Gasteiger partial charge in [0.1, 0.15) is 5.78 Å². The van der Waals surface area contributed by atoms with Gasteiger partial charge in [0.05, 0.1) is 6.42 Å². The molecule has 4 nitrogen and oxygen atoms in total. The molecule has 1 saturated carbocycles.